The van der Waals surface area contributed by atoms with Crippen molar-refractivity contribution in [2.24, 2.45) is 5.92 Å². The molecule has 0 bridgehead atoms. The maximum atomic E-state index is 12.6. The molecule has 1 aromatic carbocycles. The molecule has 0 saturated heterocycles. The standard InChI is InChI=1S/C15H20F3NO2/c1-4-21-14(20)10(2)11(3)19-9-12-6-5-7-13(8-12)15(16,17)18/h5-8,10-11,19H,4,9H2,1-3H3. The lowest BCUT2D eigenvalue weighted by molar-refractivity contribution is -0.148. The number of alkyl halides is 3. The Morgan fingerprint density at radius 2 is 2.00 bits per heavy atom. The molecular formula is C15H20F3NO2. The van der Waals surface area contributed by atoms with E-state index in [0.29, 0.717) is 12.2 Å². The third kappa shape index (κ3) is 5.38. The summed E-state index contributed by atoms with van der Waals surface area (Å²) >= 11 is 0. The van der Waals surface area contributed by atoms with E-state index in [4.69, 9.17) is 4.74 Å². The van der Waals surface area contributed by atoms with E-state index in [0.717, 1.165) is 12.1 Å². The summed E-state index contributed by atoms with van der Waals surface area (Å²) in [5, 5.41) is 3.05. The fourth-order valence-corrected chi connectivity index (χ4v) is 1.79. The van der Waals surface area contributed by atoms with Crippen molar-refractivity contribution < 1.29 is 22.7 Å². The number of esters is 1. The van der Waals surface area contributed by atoms with Gasteiger partial charge in [-0.25, -0.2) is 0 Å². The Bertz CT molecular complexity index is 474. The number of benzene rings is 1. The van der Waals surface area contributed by atoms with Crippen LogP contribution in [0.4, 0.5) is 13.2 Å². The Morgan fingerprint density at radius 3 is 2.57 bits per heavy atom. The zero-order chi connectivity index (χ0) is 16.0. The van der Waals surface area contributed by atoms with E-state index in [1.165, 1.54) is 6.07 Å². The zero-order valence-corrected chi connectivity index (χ0v) is 12.3. The predicted octanol–water partition coefficient (Wildman–Crippen LogP) is 3.38. The first-order chi connectivity index (χ1) is 9.75. The number of nitrogens with one attached hydrogen (secondary N) is 1. The van der Waals surface area contributed by atoms with Crippen molar-refractivity contribution in [1.82, 2.24) is 5.32 Å². The van der Waals surface area contributed by atoms with Gasteiger partial charge in [-0.3, -0.25) is 4.79 Å². The van der Waals surface area contributed by atoms with Crippen molar-refractivity contribution in [3.63, 3.8) is 0 Å². The van der Waals surface area contributed by atoms with Gasteiger partial charge in [-0.1, -0.05) is 25.1 Å². The minimum atomic E-state index is -4.35. The summed E-state index contributed by atoms with van der Waals surface area (Å²) in [6.07, 6.45) is -4.35. The second kappa shape index (κ2) is 7.45. The highest BCUT2D eigenvalue weighted by atomic mass is 19.4. The molecule has 0 aliphatic carbocycles. The maximum Gasteiger partial charge on any atom is 0.416 e. The molecule has 0 radical (unpaired) electrons. The second-order valence-electron chi connectivity index (χ2n) is 4.91. The van der Waals surface area contributed by atoms with E-state index >= 15 is 0 Å². The van der Waals surface area contributed by atoms with Crippen LogP contribution in [0.1, 0.15) is 31.9 Å². The van der Waals surface area contributed by atoms with E-state index < -0.39 is 11.7 Å². The van der Waals surface area contributed by atoms with Gasteiger partial charge < -0.3 is 10.1 Å². The molecule has 3 nitrogen and oxygen atoms in total. The topological polar surface area (TPSA) is 38.3 Å². The molecule has 0 amide bonds. The summed E-state index contributed by atoms with van der Waals surface area (Å²) in [6.45, 7) is 5.82. The van der Waals surface area contributed by atoms with E-state index in [1.54, 1.807) is 26.8 Å². The smallest absolute Gasteiger partial charge is 0.416 e. The Labute approximate surface area is 122 Å². The van der Waals surface area contributed by atoms with Crippen LogP contribution >= 0.6 is 0 Å². The Hall–Kier alpha value is -1.56. The number of hydrogen-bond donors (Lipinski definition) is 1. The van der Waals surface area contributed by atoms with Gasteiger partial charge in [-0.2, -0.15) is 13.2 Å². The quantitative estimate of drug-likeness (QED) is 0.819. The second-order valence-corrected chi connectivity index (χ2v) is 4.91. The van der Waals surface area contributed by atoms with Gasteiger partial charge >= 0.3 is 12.1 Å². The fraction of sp³-hybridized carbons (Fsp3) is 0.533. The van der Waals surface area contributed by atoms with E-state index in [2.05, 4.69) is 5.32 Å². The third-order valence-corrected chi connectivity index (χ3v) is 3.29. The van der Waals surface area contributed by atoms with Crippen LogP contribution in [0.25, 0.3) is 0 Å². The average molecular weight is 303 g/mol. The highest BCUT2D eigenvalue weighted by Crippen LogP contribution is 2.29. The summed E-state index contributed by atoms with van der Waals surface area (Å²) in [7, 11) is 0. The molecule has 2 atom stereocenters. The van der Waals surface area contributed by atoms with Crippen molar-refractivity contribution in [3.05, 3.63) is 35.4 Å². The lowest BCUT2D eigenvalue weighted by Gasteiger charge is -2.20. The molecule has 2 unspecified atom stereocenters. The van der Waals surface area contributed by atoms with Gasteiger partial charge in [0.05, 0.1) is 18.1 Å². The lowest BCUT2D eigenvalue weighted by atomic mass is 10.0. The largest absolute Gasteiger partial charge is 0.466 e. The highest BCUT2D eigenvalue weighted by Gasteiger charge is 2.30. The normalized spacial score (nSPS) is 14.6. The molecule has 0 aliphatic heterocycles. The molecule has 0 saturated carbocycles. The van der Waals surface area contributed by atoms with Crippen LogP contribution < -0.4 is 5.32 Å². The van der Waals surface area contributed by atoms with Crippen molar-refractivity contribution in [1.29, 1.82) is 0 Å². The minimum absolute atomic E-state index is 0.196. The monoisotopic (exact) mass is 303 g/mol. The van der Waals surface area contributed by atoms with Gasteiger partial charge in [0.15, 0.2) is 0 Å². The predicted molar refractivity (Wildman–Crippen MR) is 73.5 cm³/mol. The van der Waals surface area contributed by atoms with Crippen LogP contribution in [-0.4, -0.2) is 18.6 Å². The lowest BCUT2D eigenvalue weighted by Crippen LogP contribution is -2.36. The number of carbonyl (C=O) groups excluding carboxylic acids is 1. The Balaban J connectivity index is 2.61. The molecule has 0 spiro atoms. The Morgan fingerprint density at radius 1 is 1.33 bits per heavy atom. The molecule has 118 valence electrons. The van der Waals surface area contributed by atoms with E-state index in [9.17, 15) is 18.0 Å². The number of rotatable bonds is 6. The molecule has 1 aromatic rings. The van der Waals surface area contributed by atoms with Crippen molar-refractivity contribution >= 4 is 5.97 Å². The van der Waals surface area contributed by atoms with Crippen LogP contribution in [-0.2, 0) is 22.3 Å². The van der Waals surface area contributed by atoms with Crippen LogP contribution in [0, 0.1) is 5.92 Å². The molecule has 0 heterocycles. The Kier molecular flexibility index (Phi) is 6.20. The highest BCUT2D eigenvalue weighted by molar-refractivity contribution is 5.72. The van der Waals surface area contributed by atoms with Gasteiger partial charge in [0.25, 0.3) is 0 Å². The zero-order valence-electron chi connectivity index (χ0n) is 12.3. The summed E-state index contributed by atoms with van der Waals surface area (Å²) in [4.78, 5) is 11.6. The molecule has 0 fully saturated rings. The van der Waals surface area contributed by atoms with Gasteiger partial charge in [-0.15, -0.1) is 0 Å². The molecule has 1 rings (SSSR count). The first-order valence-corrected chi connectivity index (χ1v) is 6.81. The van der Waals surface area contributed by atoms with Gasteiger partial charge in [-0.05, 0) is 25.5 Å². The van der Waals surface area contributed by atoms with Gasteiger partial charge in [0.1, 0.15) is 0 Å². The SMILES string of the molecule is CCOC(=O)C(C)C(C)NCc1cccc(C(F)(F)F)c1. The molecule has 0 aliphatic rings. The van der Waals surface area contributed by atoms with E-state index in [1.807, 2.05) is 0 Å². The van der Waals surface area contributed by atoms with Crippen molar-refractivity contribution in [2.75, 3.05) is 6.61 Å². The molecular weight excluding hydrogens is 283 g/mol. The maximum absolute atomic E-state index is 12.6. The van der Waals surface area contributed by atoms with Crippen LogP contribution in [0.5, 0.6) is 0 Å². The number of halogens is 3. The fourth-order valence-electron chi connectivity index (χ4n) is 1.79. The molecule has 6 heteroatoms. The minimum Gasteiger partial charge on any atom is -0.466 e. The summed E-state index contributed by atoms with van der Waals surface area (Å²) in [5.74, 6) is -0.683. The molecule has 1 N–H and O–H groups in total. The molecule has 21 heavy (non-hydrogen) atoms. The number of hydrogen-bond acceptors (Lipinski definition) is 3. The summed E-state index contributed by atoms with van der Waals surface area (Å²) < 4.78 is 42.7. The first-order valence-electron chi connectivity index (χ1n) is 6.81. The van der Waals surface area contributed by atoms with Crippen molar-refractivity contribution in [3.8, 4) is 0 Å². The van der Waals surface area contributed by atoms with Crippen LogP contribution in [0.15, 0.2) is 24.3 Å². The number of ether oxygens (including phenoxy) is 1. The van der Waals surface area contributed by atoms with Gasteiger partial charge in [0.2, 0.25) is 0 Å². The van der Waals surface area contributed by atoms with Crippen LogP contribution in [0.2, 0.25) is 0 Å². The third-order valence-electron chi connectivity index (χ3n) is 3.29. The van der Waals surface area contributed by atoms with E-state index in [-0.39, 0.29) is 24.5 Å². The van der Waals surface area contributed by atoms with Gasteiger partial charge in [0, 0.05) is 12.6 Å². The number of carbonyl (C=O) groups is 1. The van der Waals surface area contributed by atoms with Crippen LogP contribution in [0.3, 0.4) is 0 Å². The summed E-state index contributed by atoms with van der Waals surface area (Å²) in [6, 6.07) is 4.94. The summed E-state index contributed by atoms with van der Waals surface area (Å²) in [5.41, 5.74) is -0.152. The van der Waals surface area contributed by atoms with Crippen molar-refractivity contribution in [2.45, 2.75) is 39.5 Å². The average Bonchev–Trinajstić information content (AvgIpc) is 2.43. The first kappa shape index (κ1) is 17.5. The molecule has 0 aromatic heterocycles.